The van der Waals surface area contributed by atoms with E-state index in [9.17, 15) is 9.90 Å². The van der Waals surface area contributed by atoms with Crippen LogP contribution in [0, 0.1) is 20.8 Å². The molecule has 0 fully saturated rings. The van der Waals surface area contributed by atoms with Crippen LogP contribution in [-0.2, 0) is 13.1 Å². The maximum atomic E-state index is 12.0. The molecular formula is C25H30N2O2. The third-order valence-electron chi connectivity index (χ3n) is 5.71. The van der Waals surface area contributed by atoms with Gasteiger partial charge < -0.3 is 15.0 Å². The minimum absolute atomic E-state index is 0.362. The number of carbonyl (C=O) groups is 1. The minimum Gasteiger partial charge on any atom is -0.478 e. The summed E-state index contributed by atoms with van der Waals surface area (Å²) >= 11 is 0. The fourth-order valence-electron chi connectivity index (χ4n) is 3.88. The van der Waals surface area contributed by atoms with E-state index in [1.165, 1.54) is 16.7 Å². The smallest absolute Gasteiger partial charge is 0.337 e. The van der Waals surface area contributed by atoms with Gasteiger partial charge in [0, 0.05) is 36.6 Å². The predicted molar refractivity (Wildman–Crippen MR) is 118 cm³/mol. The largest absolute Gasteiger partial charge is 0.478 e. The Kier molecular flexibility index (Phi) is 6.55. The van der Waals surface area contributed by atoms with Crippen molar-refractivity contribution in [1.82, 2.24) is 9.88 Å². The van der Waals surface area contributed by atoms with Crippen LogP contribution in [0.5, 0.6) is 0 Å². The van der Waals surface area contributed by atoms with Crippen molar-refractivity contribution < 1.29 is 9.90 Å². The summed E-state index contributed by atoms with van der Waals surface area (Å²) in [5.74, 6) is -0.498. The van der Waals surface area contributed by atoms with E-state index in [0.29, 0.717) is 24.6 Å². The van der Waals surface area contributed by atoms with Gasteiger partial charge in [0.15, 0.2) is 0 Å². The van der Waals surface area contributed by atoms with Crippen LogP contribution in [0.4, 0.5) is 0 Å². The van der Waals surface area contributed by atoms with Gasteiger partial charge in [-0.05, 0) is 37.8 Å². The molecule has 4 heteroatoms. The second-order valence-electron chi connectivity index (χ2n) is 7.84. The van der Waals surface area contributed by atoms with E-state index < -0.39 is 5.97 Å². The molecule has 0 bridgehead atoms. The van der Waals surface area contributed by atoms with E-state index in [1.807, 2.05) is 32.0 Å². The predicted octanol–water partition coefficient (Wildman–Crippen LogP) is 5.05. The van der Waals surface area contributed by atoms with Gasteiger partial charge in [0.25, 0.3) is 0 Å². The summed E-state index contributed by atoms with van der Waals surface area (Å²) in [4.78, 5) is 12.0. The maximum absolute atomic E-state index is 12.0. The molecule has 0 radical (unpaired) electrons. The molecule has 0 aliphatic carbocycles. The van der Waals surface area contributed by atoms with Gasteiger partial charge in [-0.25, -0.2) is 4.79 Å². The number of hydrogen-bond acceptors (Lipinski definition) is 2. The summed E-state index contributed by atoms with van der Waals surface area (Å²) in [6, 6.07) is 18.8. The molecule has 152 valence electrons. The normalized spacial score (nSPS) is 12.1. The number of carboxylic acid groups (broad SMARTS) is 1. The first-order valence-electron chi connectivity index (χ1n) is 10.1. The van der Waals surface area contributed by atoms with Crippen LogP contribution < -0.4 is 5.32 Å². The number of nitrogens with one attached hydrogen (secondary N) is 1. The van der Waals surface area contributed by atoms with Crippen molar-refractivity contribution in [1.29, 1.82) is 0 Å². The van der Waals surface area contributed by atoms with Crippen LogP contribution in [0.3, 0.4) is 0 Å². The SMILES string of the molecule is Cc1ccc(Cn2c(C)c(CNC[C@@H](C)c3ccccc3)c(C(=O)O)c2C)cc1. The molecule has 0 unspecified atom stereocenters. The van der Waals surface area contributed by atoms with Crippen LogP contribution in [0.1, 0.15) is 56.8 Å². The minimum atomic E-state index is -0.860. The van der Waals surface area contributed by atoms with Crippen LogP contribution in [0.2, 0.25) is 0 Å². The fourth-order valence-corrected chi connectivity index (χ4v) is 3.88. The van der Waals surface area contributed by atoms with E-state index in [2.05, 4.69) is 60.1 Å². The van der Waals surface area contributed by atoms with Gasteiger partial charge in [-0.1, -0.05) is 67.1 Å². The molecular weight excluding hydrogens is 360 g/mol. The third-order valence-corrected chi connectivity index (χ3v) is 5.71. The quantitative estimate of drug-likeness (QED) is 0.566. The van der Waals surface area contributed by atoms with Crippen LogP contribution in [-0.4, -0.2) is 22.2 Å². The lowest BCUT2D eigenvalue weighted by molar-refractivity contribution is 0.0694. The first kappa shape index (κ1) is 20.9. The van der Waals surface area contributed by atoms with Gasteiger partial charge >= 0.3 is 5.97 Å². The van der Waals surface area contributed by atoms with Crippen molar-refractivity contribution in [3.05, 3.63) is 93.8 Å². The molecule has 2 aromatic carbocycles. The molecule has 0 saturated carbocycles. The molecule has 3 aromatic rings. The van der Waals surface area contributed by atoms with Crippen molar-refractivity contribution in [2.24, 2.45) is 0 Å². The zero-order valence-electron chi connectivity index (χ0n) is 17.7. The van der Waals surface area contributed by atoms with Crippen LogP contribution in [0.25, 0.3) is 0 Å². The van der Waals surface area contributed by atoms with E-state index in [4.69, 9.17) is 0 Å². The first-order valence-corrected chi connectivity index (χ1v) is 10.1. The van der Waals surface area contributed by atoms with E-state index in [1.54, 1.807) is 0 Å². The highest BCUT2D eigenvalue weighted by Crippen LogP contribution is 2.24. The Bertz CT molecular complexity index is 972. The Morgan fingerprint density at radius 2 is 1.66 bits per heavy atom. The molecule has 0 amide bonds. The number of benzene rings is 2. The highest BCUT2D eigenvalue weighted by Gasteiger charge is 2.22. The molecule has 3 rings (SSSR count). The van der Waals surface area contributed by atoms with Crippen molar-refractivity contribution in [2.45, 2.75) is 46.7 Å². The molecule has 0 aliphatic rings. The van der Waals surface area contributed by atoms with Crippen LogP contribution >= 0.6 is 0 Å². The van der Waals surface area contributed by atoms with E-state index in [-0.39, 0.29) is 0 Å². The molecule has 2 N–H and O–H groups in total. The monoisotopic (exact) mass is 390 g/mol. The van der Waals surface area contributed by atoms with Gasteiger partial charge in [-0.15, -0.1) is 0 Å². The Morgan fingerprint density at radius 1 is 1.00 bits per heavy atom. The number of rotatable bonds is 8. The Balaban J connectivity index is 1.78. The maximum Gasteiger partial charge on any atom is 0.337 e. The van der Waals surface area contributed by atoms with E-state index in [0.717, 1.165) is 23.5 Å². The third kappa shape index (κ3) is 4.77. The second kappa shape index (κ2) is 9.10. The molecule has 0 saturated heterocycles. The number of nitrogens with zero attached hydrogens (tertiary/aromatic N) is 1. The van der Waals surface area contributed by atoms with Gasteiger partial charge in [0.2, 0.25) is 0 Å². The topological polar surface area (TPSA) is 54.3 Å². The fraction of sp³-hybridized carbons (Fsp3) is 0.320. The number of carboxylic acids is 1. The summed E-state index contributed by atoms with van der Waals surface area (Å²) < 4.78 is 2.12. The summed E-state index contributed by atoms with van der Waals surface area (Å²) in [7, 11) is 0. The number of aromatic nitrogens is 1. The lowest BCUT2D eigenvalue weighted by atomic mass is 10.0. The molecule has 1 heterocycles. The molecule has 1 atom stereocenters. The first-order chi connectivity index (χ1) is 13.9. The van der Waals surface area contributed by atoms with Gasteiger partial charge in [-0.3, -0.25) is 0 Å². The van der Waals surface area contributed by atoms with Gasteiger partial charge in [0.1, 0.15) is 0 Å². The lowest BCUT2D eigenvalue weighted by Gasteiger charge is -2.14. The van der Waals surface area contributed by atoms with Gasteiger partial charge in [-0.2, -0.15) is 0 Å². The average molecular weight is 391 g/mol. The molecule has 0 spiro atoms. The van der Waals surface area contributed by atoms with Crippen molar-refractivity contribution in [3.8, 4) is 0 Å². The molecule has 0 aliphatic heterocycles. The zero-order valence-corrected chi connectivity index (χ0v) is 17.7. The van der Waals surface area contributed by atoms with Gasteiger partial charge in [0.05, 0.1) is 5.56 Å². The second-order valence-corrected chi connectivity index (χ2v) is 7.84. The van der Waals surface area contributed by atoms with Crippen molar-refractivity contribution >= 4 is 5.97 Å². The average Bonchev–Trinajstić information content (AvgIpc) is 2.94. The summed E-state index contributed by atoms with van der Waals surface area (Å²) in [6.45, 7) is 10.2. The standard InChI is InChI=1S/C25H30N2O2/c1-17-10-12-21(13-11-17)16-27-19(3)23(24(20(27)4)25(28)29)15-26-14-18(2)22-8-6-5-7-9-22/h5-13,18,26H,14-16H2,1-4H3,(H,28,29)/t18-/m1/s1. The summed E-state index contributed by atoms with van der Waals surface area (Å²) in [6.07, 6.45) is 0. The molecule has 1 aromatic heterocycles. The van der Waals surface area contributed by atoms with E-state index >= 15 is 0 Å². The Labute approximate surface area is 173 Å². The van der Waals surface area contributed by atoms with Crippen molar-refractivity contribution in [3.63, 3.8) is 0 Å². The highest BCUT2D eigenvalue weighted by molar-refractivity contribution is 5.91. The Morgan fingerprint density at radius 3 is 2.28 bits per heavy atom. The number of aryl methyl sites for hydroxylation is 1. The number of aromatic carboxylic acids is 1. The summed E-state index contributed by atoms with van der Waals surface area (Å²) in [5.41, 5.74) is 6.80. The highest BCUT2D eigenvalue weighted by atomic mass is 16.4. The Hall–Kier alpha value is -2.85. The molecule has 4 nitrogen and oxygen atoms in total. The molecule has 29 heavy (non-hydrogen) atoms. The number of hydrogen-bond donors (Lipinski definition) is 2. The van der Waals surface area contributed by atoms with Crippen molar-refractivity contribution in [2.75, 3.05) is 6.54 Å². The zero-order chi connectivity index (χ0) is 21.0. The lowest BCUT2D eigenvalue weighted by Crippen LogP contribution is -2.21. The summed E-state index contributed by atoms with van der Waals surface area (Å²) in [5, 5.41) is 13.3. The van der Waals surface area contributed by atoms with Crippen LogP contribution in [0.15, 0.2) is 54.6 Å².